The summed E-state index contributed by atoms with van der Waals surface area (Å²) in [5, 5.41) is 3.02. The van der Waals surface area contributed by atoms with E-state index in [1.54, 1.807) is 0 Å². The number of rotatable bonds is 3. The van der Waals surface area contributed by atoms with Gasteiger partial charge in [0.1, 0.15) is 0 Å². The maximum absolute atomic E-state index is 11.4. The average molecular weight is 183 g/mol. The van der Waals surface area contributed by atoms with Crippen molar-refractivity contribution in [3.63, 3.8) is 0 Å². The van der Waals surface area contributed by atoms with E-state index in [4.69, 9.17) is 4.74 Å². The molecule has 13 heavy (non-hydrogen) atoms. The van der Waals surface area contributed by atoms with Crippen LogP contribution in [-0.2, 0) is 9.53 Å². The zero-order valence-corrected chi connectivity index (χ0v) is 8.08. The van der Waals surface area contributed by atoms with Gasteiger partial charge in [-0.25, -0.2) is 0 Å². The fraction of sp³-hybridized carbons (Fsp3) is 0.900. The van der Waals surface area contributed by atoms with Gasteiger partial charge in [0, 0.05) is 12.5 Å². The second kappa shape index (κ2) is 3.66. The van der Waals surface area contributed by atoms with Crippen molar-refractivity contribution in [3.05, 3.63) is 0 Å². The first-order valence-electron chi connectivity index (χ1n) is 5.19. The van der Waals surface area contributed by atoms with E-state index in [9.17, 15) is 4.79 Å². The quantitative estimate of drug-likeness (QED) is 0.711. The van der Waals surface area contributed by atoms with Crippen molar-refractivity contribution in [3.8, 4) is 0 Å². The molecule has 3 heteroatoms. The van der Waals surface area contributed by atoms with E-state index in [-0.39, 0.29) is 18.1 Å². The molecule has 3 nitrogen and oxygen atoms in total. The minimum Gasteiger partial charge on any atom is -0.376 e. The van der Waals surface area contributed by atoms with E-state index in [0.29, 0.717) is 5.92 Å². The van der Waals surface area contributed by atoms with Gasteiger partial charge in [-0.2, -0.15) is 0 Å². The lowest BCUT2D eigenvalue weighted by Crippen LogP contribution is -2.41. The van der Waals surface area contributed by atoms with E-state index >= 15 is 0 Å². The molecule has 2 rings (SSSR count). The first-order valence-corrected chi connectivity index (χ1v) is 5.19. The highest BCUT2D eigenvalue weighted by Crippen LogP contribution is 2.29. The summed E-state index contributed by atoms with van der Waals surface area (Å²) in [6.45, 7) is 2.89. The van der Waals surface area contributed by atoms with E-state index < -0.39 is 0 Å². The van der Waals surface area contributed by atoms with Gasteiger partial charge in [-0.3, -0.25) is 4.79 Å². The summed E-state index contributed by atoms with van der Waals surface area (Å²) in [6, 6.07) is 0.190. The lowest BCUT2D eigenvalue weighted by atomic mass is 10.1. The van der Waals surface area contributed by atoms with Crippen LogP contribution in [0.15, 0.2) is 0 Å². The summed E-state index contributed by atoms with van der Waals surface area (Å²) in [7, 11) is 0. The maximum atomic E-state index is 11.4. The Morgan fingerprint density at radius 3 is 2.77 bits per heavy atom. The van der Waals surface area contributed by atoms with Crippen LogP contribution in [0.1, 0.15) is 32.6 Å². The standard InChI is InChI=1S/C10H17NO2/c1-7(9-3-2-6-13-9)11-10(12)8-4-5-8/h7-9H,2-6H2,1H3,(H,11,12)/t7-,9+/m0/s1. The van der Waals surface area contributed by atoms with E-state index in [2.05, 4.69) is 5.32 Å². The highest BCUT2D eigenvalue weighted by Gasteiger charge is 2.32. The third-order valence-corrected chi connectivity index (χ3v) is 2.84. The molecule has 2 aliphatic rings. The molecule has 0 aromatic carbocycles. The summed E-state index contributed by atoms with van der Waals surface area (Å²) in [4.78, 5) is 11.4. The van der Waals surface area contributed by atoms with Gasteiger partial charge in [0.15, 0.2) is 0 Å². The maximum Gasteiger partial charge on any atom is 0.223 e. The minimum absolute atomic E-state index is 0.190. The zero-order valence-electron chi connectivity index (χ0n) is 8.08. The summed E-state index contributed by atoms with van der Waals surface area (Å²) < 4.78 is 5.50. The van der Waals surface area contributed by atoms with Gasteiger partial charge >= 0.3 is 0 Å². The van der Waals surface area contributed by atoms with E-state index in [1.807, 2.05) is 6.92 Å². The van der Waals surface area contributed by atoms with Crippen LogP contribution in [0.4, 0.5) is 0 Å². The number of ether oxygens (including phenoxy) is 1. The van der Waals surface area contributed by atoms with Crippen molar-refractivity contribution in [1.29, 1.82) is 0 Å². The Labute approximate surface area is 78.8 Å². The summed E-state index contributed by atoms with van der Waals surface area (Å²) in [6.07, 6.45) is 4.62. The third kappa shape index (κ3) is 2.21. The Morgan fingerprint density at radius 1 is 1.46 bits per heavy atom. The number of hydrogen-bond donors (Lipinski definition) is 1. The fourth-order valence-electron chi connectivity index (χ4n) is 1.78. The molecule has 1 saturated carbocycles. The first-order chi connectivity index (χ1) is 6.27. The summed E-state index contributed by atoms with van der Waals surface area (Å²) in [5.41, 5.74) is 0. The number of hydrogen-bond acceptors (Lipinski definition) is 2. The van der Waals surface area contributed by atoms with Gasteiger partial charge in [-0.15, -0.1) is 0 Å². The lowest BCUT2D eigenvalue weighted by Gasteiger charge is -2.19. The van der Waals surface area contributed by atoms with Crippen molar-refractivity contribution in [2.45, 2.75) is 44.8 Å². The van der Waals surface area contributed by atoms with Crippen molar-refractivity contribution >= 4 is 5.91 Å². The molecular formula is C10H17NO2. The van der Waals surface area contributed by atoms with Crippen molar-refractivity contribution in [2.24, 2.45) is 5.92 Å². The molecule has 1 amide bonds. The molecule has 2 fully saturated rings. The predicted octanol–water partition coefficient (Wildman–Crippen LogP) is 1.08. The van der Waals surface area contributed by atoms with Crippen LogP contribution in [0.3, 0.4) is 0 Å². The molecule has 1 aliphatic heterocycles. The number of carbonyl (C=O) groups is 1. The zero-order chi connectivity index (χ0) is 9.26. The largest absolute Gasteiger partial charge is 0.376 e. The van der Waals surface area contributed by atoms with E-state index in [1.165, 1.54) is 0 Å². The molecule has 1 saturated heterocycles. The summed E-state index contributed by atoms with van der Waals surface area (Å²) in [5.74, 6) is 0.534. The predicted molar refractivity (Wildman–Crippen MR) is 49.3 cm³/mol. The van der Waals surface area contributed by atoms with Gasteiger partial charge in [0.25, 0.3) is 0 Å². The SMILES string of the molecule is C[C@H](NC(=O)C1CC1)[C@H]1CCCO1. The minimum atomic E-state index is 0.190. The van der Waals surface area contributed by atoms with Crippen LogP contribution in [-0.4, -0.2) is 24.7 Å². The summed E-state index contributed by atoms with van der Waals surface area (Å²) >= 11 is 0. The highest BCUT2D eigenvalue weighted by molar-refractivity contribution is 5.81. The topological polar surface area (TPSA) is 38.3 Å². The molecule has 1 heterocycles. The van der Waals surface area contributed by atoms with Crippen LogP contribution < -0.4 is 5.32 Å². The van der Waals surface area contributed by atoms with Gasteiger partial charge < -0.3 is 10.1 Å². The molecule has 2 atom stereocenters. The second-order valence-corrected chi connectivity index (χ2v) is 4.12. The molecule has 1 N–H and O–H groups in total. The smallest absolute Gasteiger partial charge is 0.223 e. The molecule has 0 bridgehead atoms. The Kier molecular flexibility index (Phi) is 2.54. The van der Waals surface area contributed by atoms with Crippen molar-refractivity contribution < 1.29 is 9.53 Å². The Morgan fingerprint density at radius 2 is 2.23 bits per heavy atom. The van der Waals surface area contributed by atoms with Crippen molar-refractivity contribution in [1.82, 2.24) is 5.32 Å². The molecule has 74 valence electrons. The number of amides is 1. The van der Waals surface area contributed by atoms with Gasteiger partial charge in [-0.1, -0.05) is 0 Å². The van der Waals surface area contributed by atoms with Crippen LogP contribution in [0.5, 0.6) is 0 Å². The Balaban J connectivity index is 1.75. The fourth-order valence-corrected chi connectivity index (χ4v) is 1.78. The third-order valence-electron chi connectivity index (χ3n) is 2.84. The molecular weight excluding hydrogens is 166 g/mol. The van der Waals surface area contributed by atoms with Gasteiger partial charge in [0.05, 0.1) is 12.1 Å². The molecule has 0 spiro atoms. The monoisotopic (exact) mass is 183 g/mol. The van der Waals surface area contributed by atoms with Crippen LogP contribution in [0.25, 0.3) is 0 Å². The average Bonchev–Trinajstić information content (AvgIpc) is 2.81. The molecule has 0 radical (unpaired) electrons. The van der Waals surface area contributed by atoms with Gasteiger partial charge in [-0.05, 0) is 32.6 Å². The van der Waals surface area contributed by atoms with Crippen LogP contribution in [0.2, 0.25) is 0 Å². The molecule has 0 unspecified atom stereocenters. The highest BCUT2D eigenvalue weighted by atomic mass is 16.5. The second-order valence-electron chi connectivity index (χ2n) is 4.12. The normalized spacial score (nSPS) is 30.1. The van der Waals surface area contributed by atoms with Gasteiger partial charge in [0.2, 0.25) is 5.91 Å². The molecule has 0 aromatic heterocycles. The number of nitrogens with one attached hydrogen (secondary N) is 1. The molecule has 0 aromatic rings. The van der Waals surface area contributed by atoms with Crippen LogP contribution >= 0.6 is 0 Å². The molecule has 1 aliphatic carbocycles. The Hall–Kier alpha value is -0.570. The Bertz CT molecular complexity index is 195. The van der Waals surface area contributed by atoms with E-state index in [0.717, 1.165) is 32.3 Å². The van der Waals surface area contributed by atoms with Crippen molar-refractivity contribution in [2.75, 3.05) is 6.61 Å². The van der Waals surface area contributed by atoms with Crippen LogP contribution in [0, 0.1) is 5.92 Å². The number of carbonyl (C=O) groups excluding carboxylic acids is 1. The first kappa shape index (κ1) is 9.00. The lowest BCUT2D eigenvalue weighted by molar-refractivity contribution is -0.123.